The summed E-state index contributed by atoms with van der Waals surface area (Å²) in [6, 6.07) is 0. The Bertz CT molecular complexity index is 142. The van der Waals surface area contributed by atoms with Crippen molar-refractivity contribution in [3.8, 4) is 0 Å². The first kappa shape index (κ1) is 13.9. The van der Waals surface area contributed by atoms with Gasteiger partial charge in [0.2, 0.25) is 0 Å². The van der Waals surface area contributed by atoms with Gasteiger partial charge in [-0.2, -0.15) is 0 Å². The minimum absolute atomic E-state index is 0.0522. The molecule has 0 aliphatic carbocycles. The first-order chi connectivity index (χ1) is 6.33. The highest BCUT2D eigenvalue weighted by Crippen LogP contribution is 2.16. The summed E-state index contributed by atoms with van der Waals surface area (Å²) >= 11 is 0. The van der Waals surface area contributed by atoms with Gasteiger partial charge in [0.1, 0.15) is 7.85 Å². The van der Waals surface area contributed by atoms with E-state index in [1.165, 1.54) is 0 Å². The van der Waals surface area contributed by atoms with Gasteiger partial charge in [-0.3, -0.25) is 10.9 Å². The Balaban J connectivity index is 3.57. The minimum Gasteiger partial charge on any atom is -0.396 e. The molecule has 3 N–H and O–H groups in total. The van der Waals surface area contributed by atoms with Gasteiger partial charge in [0.05, 0.1) is 0 Å². The zero-order chi connectivity index (χ0) is 11.2. The van der Waals surface area contributed by atoms with Crippen molar-refractivity contribution < 1.29 is 5.11 Å². The molecule has 0 aromatic carbocycles. The standard InChI is InChI=1S/C10H25BN2O/c1-9(2,5-11)6-12-13-7-10(3,4)8-14/h12-14H,5-8,11H2,1-4H3. The van der Waals surface area contributed by atoms with E-state index >= 15 is 0 Å². The number of hydrogen-bond donors (Lipinski definition) is 3. The fraction of sp³-hybridized carbons (Fsp3) is 1.00. The van der Waals surface area contributed by atoms with Crippen LogP contribution in [0, 0.1) is 10.8 Å². The number of nitrogens with one attached hydrogen (secondary N) is 2. The molecule has 0 saturated carbocycles. The molecule has 0 radical (unpaired) electrons. The van der Waals surface area contributed by atoms with Crippen molar-refractivity contribution in [2.24, 2.45) is 10.8 Å². The first-order valence-electron chi connectivity index (χ1n) is 5.39. The third-order valence-electron chi connectivity index (χ3n) is 2.64. The van der Waals surface area contributed by atoms with Gasteiger partial charge in [-0.1, -0.05) is 34.0 Å². The van der Waals surface area contributed by atoms with Crippen molar-refractivity contribution >= 4 is 7.85 Å². The SMILES string of the molecule is BCC(C)(C)CNNCC(C)(C)CO. The minimum atomic E-state index is -0.0522. The third kappa shape index (κ3) is 6.41. The maximum Gasteiger partial charge on any atom is 0.102 e. The van der Waals surface area contributed by atoms with Crippen LogP contribution >= 0.6 is 0 Å². The number of aliphatic hydroxyl groups excluding tert-OH is 1. The van der Waals surface area contributed by atoms with E-state index in [2.05, 4.69) is 32.5 Å². The molecule has 0 amide bonds. The van der Waals surface area contributed by atoms with Crippen molar-refractivity contribution in [1.29, 1.82) is 0 Å². The maximum absolute atomic E-state index is 9.03. The van der Waals surface area contributed by atoms with Crippen LogP contribution in [0.3, 0.4) is 0 Å². The summed E-state index contributed by atoms with van der Waals surface area (Å²) in [6.45, 7) is 10.5. The molecule has 14 heavy (non-hydrogen) atoms. The van der Waals surface area contributed by atoms with E-state index in [0.717, 1.165) is 19.4 Å². The van der Waals surface area contributed by atoms with Crippen molar-refractivity contribution in [2.75, 3.05) is 19.7 Å². The highest BCUT2D eigenvalue weighted by molar-refractivity contribution is 6.08. The van der Waals surface area contributed by atoms with Gasteiger partial charge in [-0.25, -0.2) is 0 Å². The summed E-state index contributed by atoms with van der Waals surface area (Å²) in [4.78, 5) is 0. The topological polar surface area (TPSA) is 44.3 Å². The molecule has 0 fully saturated rings. The molecule has 0 unspecified atom stereocenters. The predicted octanol–water partition coefficient (Wildman–Crippen LogP) is 0.177. The van der Waals surface area contributed by atoms with E-state index in [4.69, 9.17) is 5.11 Å². The van der Waals surface area contributed by atoms with Gasteiger partial charge in [0.25, 0.3) is 0 Å². The van der Waals surface area contributed by atoms with Gasteiger partial charge < -0.3 is 5.11 Å². The Hall–Kier alpha value is -0.0551. The Morgan fingerprint density at radius 3 is 1.79 bits per heavy atom. The lowest BCUT2D eigenvalue weighted by atomic mass is 9.79. The molecule has 0 bridgehead atoms. The van der Waals surface area contributed by atoms with Crippen molar-refractivity contribution in [1.82, 2.24) is 10.9 Å². The summed E-state index contributed by atoms with van der Waals surface area (Å²) in [5, 5.41) is 9.03. The van der Waals surface area contributed by atoms with Crippen LogP contribution in [-0.2, 0) is 0 Å². The van der Waals surface area contributed by atoms with Crippen LogP contribution in [0.2, 0.25) is 6.32 Å². The van der Waals surface area contributed by atoms with E-state index in [9.17, 15) is 0 Å². The lowest BCUT2D eigenvalue weighted by molar-refractivity contribution is 0.150. The van der Waals surface area contributed by atoms with Crippen molar-refractivity contribution in [3.63, 3.8) is 0 Å². The molecule has 3 nitrogen and oxygen atoms in total. The molecular formula is C10H25BN2O. The lowest BCUT2D eigenvalue weighted by Crippen LogP contribution is -2.44. The molecule has 0 heterocycles. The molecular weight excluding hydrogens is 175 g/mol. The molecule has 0 spiro atoms. The van der Waals surface area contributed by atoms with E-state index in [1.807, 2.05) is 13.8 Å². The summed E-state index contributed by atoms with van der Waals surface area (Å²) in [7, 11) is 2.19. The van der Waals surface area contributed by atoms with Crippen LogP contribution in [-0.4, -0.2) is 32.6 Å². The van der Waals surface area contributed by atoms with Gasteiger partial charge in [0.15, 0.2) is 0 Å². The molecule has 0 saturated heterocycles. The second-order valence-corrected chi connectivity index (χ2v) is 5.55. The van der Waals surface area contributed by atoms with Crippen LogP contribution in [0.25, 0.3) is 0 Å². The quantitative estimate of drug-likeness (QED) is 0.312. The van der Waals surface area contributed by atoms with Crippen LogP contribution in [0.1, 0.15) is 27.7 Å². The number of hydrogen-bond acceptors (Lipinski definition) is 3. The van der Waals surface area contributed by atoms with E-state index < -0.39 is 0 Å². The van der Waals surface area contributed by atoms with Gasteiger partial charge in [-0.05, 0) is 5.41 Å². The maximum atomic E-state index is 9.03. The summed E-state index contributed by atoms with van der Waals surface area (Å²) in [5.74, 6) is 0. The molecule has 4 heteroatoms. The predicted molar refractivity (Wildman–Crippen MR) is 64.0 cm³/mol. The molecule has 0 aromatic rings. The summed E-state index contributed by atoms with van der Waals surface area (Å²) in [5.41, 5.74) is 6.64. The second-order valence-electron chi connectivity index (χ2n) is 5.55. The van der Waals surface area contributed by atoms with Crippen LogP contribution in [0.5, 0.6) is 0 Å². The van der Waals surface area contributed by atoms with Gasteiger partial charge in [0, 0.05) is 25.1 Å². The Morgan fingerprint density at radius 1 is 1.00 bits per heavy atom. The zero-order valence-electron chi connectivity index (χ0n) is 10.3. The monoisotopic (exact) mass is 200 g/mol. The molecule has 0 aromatic heterocycles. The Morgan fingerprint density at radius 2 is 1.43 bits per heavy atom. The Kier molecular flexibility index (Phi) is 5.71. The number of hydrazine groups is 1. The van der Waals surface area contributed by atoms with Gasteiger partial charge >= 0.3 is 0 Å². The third-order valence-corrected chi connectivity index (χ3v) is 2.64. The summed E-state index contributed by atoms with van der Waals surface area (Å²) < 4.78 is 0. The first-order valence-corrected chi connectivity index (χ1v) is 5.39. The molecule has 84 valence electrons. The highest BCUT2D eigenvalue weighted by atomic mass is 16.3. The molecule has 0 atom stereocenters. The Labute approximate surface area is 89.0 Å². The van der Waals surface area contributed by atoms with E-state index in [1.54, 1.807) is 0 Å². The zero-order valence-corrected chi connectivity index (χ0v) is 10.3. The average Bonchev–Trinajstić information content (AvgIpc) is 2.13. The summed E-state index contributed by atoms with van der Waals surface area (Å²) in [6.07, 6.45) is 1.16. The number of rotatable bonds is 7. The van der Waals surface area contributed by atoms with Crippen LogP contribution in [0.4, 0.5) is 0 Å². The van der Waals surface area contributed by atoms with Crippen LogP contribution in [0.15, 0.2) is 0 Å². The molecule has 0 aliphatic heterocycles. The highest BCUT2D eigenvalue weighted by Gasteiger charge is 2.17. The van der Waals surface area contributed by atoms with Crippen molar-refractivity contribution in [3.05, 3.63) is 0 Å². The van der Waals surface area contributed by atoms with Crippen LogP contribution < -0.4 is 10.9 Å². The largest absolute Gasteiger partial charge is 0.396 e. The molecule has 0 aliphatic rings. The van der Waals surface area contributed by atoms with E-state index in [0.29, 0.717) is 5.41 Å². The normalized spacial score (nSPS) is 13.2. The smallest absolute Gasteiger partial charge is 0.102 e. The fourth-order valence-corrected chi connectivity index (χ4v) is 0.784. The fourth-order valence-electron chi connectivity index (χ4n) is 0.784. The lowest BCUT2D eigenvalue weighted by Gasteiger charge is -2.26. The number of aliphatic hydroxyl groups is 1. The van der Waals surface area contributed by atoms with Crippen molar-refractivity contribution in [2.45, 2.75) is 34.0 Å². The second kappa shape index (κ2) is 5.74. The molecule has 0 rings (SSSR count). The van der Waals surface area contributed by atoms with Gasteiger partial charge in [-0.15, -0.1) is 0 Å². The average molecular weight is 200 g/mol. The van der Waals surface area contributed by atoms with E-state index in [-0.39, 0.29) is 12.0 Å².